The first-order valence-electron chi connectivity index (χ1n) is 11.8. The molecule has 1 amide bonds. The Labute approximate surface area is 193 Å². The summed E-state index contributed by atoms with van der Waals surface area (Å²) in [5.74, 6) is 2.37. The number of rotatable bonds is 8. The van der Waals surface area contributed by atoms with Gasteiger partial charge in [-0.3, -0.25) is 4.79 Å². The highest BCUT2D eigenvalue weighted by molar-refractivity contribution is 5.99. The van der Waals surface area contributed by atoms with Gasteiger partial charge < -0.3 is 10.2 Å². The molecule has 5 nitrogen and oxygen atoms in total. The van der Waals surface area contributed by atoms with Crippen LogP contribution in [0, 0.1) is 32.6 Å². The molecule has 1 N–H and O–H groups in total. The molecular weight excluding hydrogens is 396 g/mol. The zero-order valence-electron chi connectivity index (χ0n) is 20.3. The number of nitrogens with zero attached hydrogens (tertiary/aromatic N) is 3. The Kier molecular flexibility index (Phi) is 8.57. The van der Waals surface area contributed by atoms with Crippen molar-refractivity contribution >= 4 is 11.6 Å². The van der Waals surface area contributed by atoms with Crippen molar-refractivity contribution in [3.63, 3.8) is 0 Å². The Bertz CT molecular complexity index is 902. The monoisotopic (exact) mass is 434 g/mol. The molecule has 1 aliphatic carbocycles. The lowest BCUT2D eigenvalue weighted by Gasteiger charge is -2.28. The van der Waals surface area contributed by atoms with Crippen molar-refractivity contribution in [1.82, 2.24) is 14.9 Å². The molecule has 32 heavy (non-hydrogen) atoms. The summed E-state index contributed by atoms with van der Waals surface area (Å²) < 4.78 is 0. The molecule has 1 heterocycles. The van der Waals surface area contributed by atoms with E-state index in [0.29, 0.717) is 5.92 Å². The third kappa shape index (κ3) is 7.27. The molecule has 1 aromatic heterocycles. The second-order valence-electron chi connectivity index (χ2n) is 9.58. The summed E-state index contributed by atoms with van der Waals surface area (Å²) in [5, 5.41) is 2.93. The number of amides is 1. The van der Waals surface area contributed by atoms with Crippen molar-refractivity contribution in [3.8, 4) is 0 Å². The van der Waals surface area contributed by atoms with Gasteiger partial charge in [0, 0.05) is 36.1 Å². The zero-order chi connectivity index (χ0) is 23.1. The maximum atomic E-state index is 12.0. The first kappa shape index (κ1) is 24.1. The van der Waals surface area contributed by atoms with Crippen LogP contribution in [0.2, 0.25) is 0 Å². The van der Waals surface area contributed by atoms with Crippen LogP contribution in [0.25, 0.3) is 0 Å². The molecule has 1 saturated carbocycles. The molecule has 1 fully saturated rings. The van der Waals surface area contributed by atoms with E-state index >= 15 is 0 Å². The number of anilines is 1. The van der Waals surface area contributed by atoms with Gasteiger partial charge in [-0.25, -0.2) is 9.97 Å². The van der Waals surface area contributed by atoms with Gasteiger partial charge in [-0.2, -0.15) is 0 Å². The number of hydrogen-bond acceptors (Lipinski definition) is 4. The minimum Gasteiger partial charge on any atom is -0.323 e. The number of aromatic nitrogens is 2. The van der Waals surface area contributed by atoms with Crippen molar-refractivity contribution in [2.45, 2.75) is 59.3 Å². The van der Waals surface area contributed by atoms with Gasteiger partial charge in [0.05, 0.1) is 0 Å². The Hall–Kier alpha value is -2.53. The van der Waals surface area contributed by atoms with Crippen molar-refractivity contribution < 1.29 is 4.79 Å². The maximum Gasteiger partial charge on any atom is 0.248 e. The molecule has 3 rings (SSSR count). The summed E-state index contributed by atoms with van der Waals surface area (Å²) in [7, 11) is 3.96. The molecule has 0 aliphatic heterocycles. The summed E-state index contributed by atoms with van der Waals surface area (Å²) in [5.41, 5.74) is 5.64. The number of carbonyl (C=O) groups excluding carboxylic acids is 1. The number of nitrogens with one attached hydrogen (secondary N) is 1. The number of likely N-dealkylation sites (N-methyl/N-ethyl adjacent to an activating group) is 1. The predicted molar refractivity (Wildman–Crippen MR) is 132 cm³/mol. The summed E-state index contributed by atoms with van der Waals surface area (Å²) in [6.45, 7) is 7.03. The van der Waals surface area contributed by atoms with Crippen LogP contribution in [-0.2, 0) is 17.6 Å². The van der Waals surface area contributed by atoms with Crippen LogP contribution in [0.4, 0.5) is 5.69 Å². The fourth-order valence-corrected chi connectivity index (χ4v) is 4.44. The van der Waals surface area contributed by atoms with E-state index in [9.17, 15) is 4.79 Å². The van der Waals surface area contributed by atoms with Crippen LogP contribution in [0.15, 0.2) is 36.4 Å². The van der Waals surface area contributed by atoms with Crippen LogP contribution < -0.4 is 5.32 Å². The quantitative estimate of drug-likeness (QED) is 0.591. The minimum atomic E-state index is -0.0825. The molecule has 0 bridgehead atoms. The number of aryl methyl sites for hydroxylation is 2. The zero-order valence-corrected chi connectivity index (χ0v) is 20.3. The molecule has 2 aromatic rings. The van der Waals surface area contributed by atoms with Gasteiger partial charge in [-0.1, -0.05) is 18.2 Å². The standard InChI is InChI=1S/C27H38N4O/c1-19-20(2)28-26(29-21(19)3)18-24-10-8-22(9-11-24)17-23-12-14-25(15-13-23)30-27(32)7-6-16-31(4)5/h6-7,12-15,22,24H,8-11,16-18H2,1-5H3,(H,30,32)/b7-6+. The molecule has 0 spiro atoms. The van der Waals surface area contributed by atoms with Gasteiger partial charge in [0.15, 0.2) is 0 Å². The topological polar surface area (TPSA) is 58.1 Å². The van der Waals surface area contributed by atoms with Crippen LogP contribution in [0.5, 0.6) is 0 Å². The summed E-state index contributed by atoms with van der Waals surface area (Å²) in [6.07, 6.45) is 10.6. The molecule has 0 unspecified atom stereocenters. The Morgan fingerprint density at radius 1 is 0.969 bits per heavy atom. The second kappa shape index (κ2) is 11.4. The largest absolute Gasteiger partial charge is 0.323 e. The smallest absolute Gasteiger partial charge is 0.248 e. The molecule has 1 aromatic carbocycles. The molecule has 5 heteroatoms. The van der Waals surface area contributed by atoms with Crippen molar-refractivity contribution in [3.05, 3.63) is 64.8 Å². The van der Waals surface area contributed by atoms with E-state index < -0.39 is 0 Å². The fraction of sp³-hybridized carbons (Fsp3) is 0.519. The van der Waals surface area contributed by atoms with Crippen LogP contribution in [0.1, 0.15) is 54.0 Å². The van der Waals surface area contributed by atoms with Crippen LogP contribution >= 0.6 is 0 Å². The first-order valence-corrected chi connectivity index (χ1v) is 11.8. The summed E-state index contributed by atoms with van der Waals surface area (Å²) in [6, 6.07) is 8.32. The summed E-state index contributed by atoms with van der Waals surface area (Å²) in [4.78, 5) is 23.4. The van der Waals surface area contributed by atoms with E-state index in [1.807, 2.05) is 37.2 Å². The van der Waals surface area contributed by atoms with Gasteiger partial charge in [0.1, 0.15) is 5.82 Å². The SMILES string of the molecule is Cc1nc(CC2CCC(Cc3ccc(NC(=O)/C=C/CN(C)C)cc3)CC2)nc(C)c1C. The highest BCUT2D eigenvalue weighted by atomic mass is 16.1. The first-order chi connectivity index (χ1) is 15.3. The highest BCUT2D eigenvalue weighted by Gasteiger charge is 2.22. The molecular formula is C27H38N4O. The Morgan fingerprint density at radius 3 is 2.09 bits per heavy atom. The summed E-state index contributed by atoms with van der Waals surface area (Å²) >= 11 is 0. The van der Waals surface area contributed by atoms with E-state index in [4.69, 9.17) is 9.97 Å². The minimum absolute atomic E-state index is 0.0825. The van der Waals surface area contributed by atoms with E-state index in [-0.39, 0.29) is 5.91 Å². The van der Waals surface area contributed by atoms with Crippen molar-refractivity contribution in [2.75, 3.05) is 26.0 Å². The lowest BCUT2D eigenvalue weighted by Crippen LogP contribution is -2.19. The third-order valence-electron chi connectivity index (χ3n) is 6.60. The van der Waals surface area contributed by atoms with Gasteiger partial charge in [-0.05, 0) is 102 Å². The van der Waals surface area contributed by atoms with E-state index in [1.165, 1.54) is 36.8 Å². The highest BCUT2D eigenvalue weighted by Crippen LogP contribution is 2.33. The predicted octanol–water partition coefficient (Wildman–Crippen LogP) is 5.05. The second-order valence-corrected chi connectivity index (χ2v) is 9.58. The Balaban J connectivity index is 1.44. The number of benzene rings is 1. The van der Waals surface area contributed by atoms with Crippen LogP contribution in [0.3, 0.4) is 0 Å². The van der Waals surface area contributed by atoms with Gasteiger partial charge >= 0.3 is 0 Å². The van der Waals surface area contributed by atoms with Crippen LogP contribution in [-0.4, -0.2) is 41.4 Å². The average Bonchev–Trinajstić information content (AvgIpc) is 2.74. The normalized spacial score (nSPS) is 18.9. The fourth-order valence-electron chi connectivity index (χ4n) is 4.44. The lowest BCUT2D eigenvalue weighted by atomic mass is 9.78. The van der Waals surface area contributed by atoms with Gasteiger partial charge in [0.2, 0.25) is 5.91 Å². The maximum absolute atomic E-state index is 12.0. The third-order valence-corrected chi connectivity index (χ3v) is 6.60. The lowest BCUT2D eigenvalue weighted by molar-refractivity contribution is -0.111. The number of carbonyl (C=O) groups is 1. The van der Waals surface area contributed by atoms with E-state index in [1.54, 1.807) is 6.08 Å². The van der Waals surface area contributed by atoms with Crippen molar-refractivity contribution in [2.24, 2.45) is 11.8 Å². The molecule has 0 atom stereocenters. The van der Waals surface area contributed by atoms with E-state index in [2.05, 4.69) is 38.2 Å². The Morgan fingerprint density at radius 2 is 1.53 bits per heavy atom. The van der Waals surface area contributed by atoms with E-state index in [0.717, 1.165) is 48.2 Å². The van der Waals surface area contributed by atoms with Crippen molar-refractivity contribution in [1.29, 1.82) is 0 Å². The average molecular weight is 435 g/mol. The van der Waals surface area contributed by atoms with Gasteiger partial charge in [0.25, 0.3) is 0 Å². The molecule has 0 saturated heterocycles. The molecule has 172 valence electrons. The molecule has 1 aliphatic rings. The number of hydrogen-bond donors (Lipinski definition) is 1. The molecule has 0 radical (unpaired) electrons. The van der Waals surface area contributed by atoms with Gasteiger partial charge in [-0.15, -0.1) is 0 Å².